The highest BCUT2D eigenvalue weighted by Gasteiger charge is 2.29. The molecule has 0 spiro atoms. The minimum atomic E-state index is -4.24. The van der Waals surface area contributed by atoms with Gasteiger partial charge in [-0.3, -0.25) is 0 Å². The summed E-state index contributed by atoms with van der Waals surface area (Å²) in [6.45, 7) is -1.03. The van der Waals surface area contributed by atoms with Gasteiger partial charge in [-0.2, -0.15) is 22.0 Å². The summed E-state index contributed by atoms with van der Waals surface area (Å²) in [6, 6.07) is 5.03. The van der Waals surface area contributed by atoms with E-state index in [4.69, 9.17) is 10.5 Å². The van der Waals surface area contributed by atoms with Gasteiger partial charge in [0.2, 0.25) is 0 Å². The zero-order valence-electron chi connectivity index (χ0n) is 10.0. The lowest BCUT2D eigenvalue weighted by atomic mass is 10.1. The molecule has 0 bridgehead atoms. The van der Waals surface area contributed by atoms with Gasteiger partial charge < -0.3 is 10.5 Å². The van der Waals surface area contributed by atoms with Gasteiger partial charge in [-0.05, 0) is 18.6 Å². The number of nitrogens with two attached hydrogens (primary N) is 1. The summed E-state index contributed by atoms with van der Waals surface area (Å²) in [6.07, 6.45) is -5.43. The molecular weight excluding hydrogens is 269 g/mol. The Labute approximate surface area is 107 Å². The summed E-state index contributed by atoms with van der Waals surface area (Å²) < 4.78 is 67.2. The van der Waals surface area contributed by atoms with Crippen molar-refractivity contribution < 1.29 is 26.7 Å². The molecule has 0 aliphatic rings. The summed E-state index contributed by atoms with van der Waals surface area (Å²) in [5, 5.41) is 0. The summed E-state index contributed by atoms with van der Waals surface area (Å²) in [5.74, 6) is -3.07. The largest absolute Gasteiger partial charge is 0.494 e. The lowest BCUT2D eigenvalue weighted by molar-refractivity contribution is -0.136. The SMILES string of the molecule is NCC(F)(F)c1cccc(OCCCC(F)(F)F)c1. The third kappa shape index (κ3) is 5.42. The van der Waals surface area contributed by atoms with E-state index in [1.54, 1.807) is 0 Å². The van der Waals surface area contributed by atoms with Crippen LogP contribution in [0, 0.1) is 0 Å². The van der Waals surface area contributed by atoms with Crippen LogP contribution in [0.1, 0.15) is 18.4 Å². The molecule has 0 saturated carbocycles. The van der Waals surface area contributed by atoms with Gasteiger partial charge in [0.05, 0.1) is 13.2 Å². The smallest absolute Gasteiger partial charge is 0.389 e. The molecule has 2 nitrogen and oxygen atoms in total. The molecule has 1 aromatic carbocycles. The topological polar surface area (TPSA) is 35.2 Å². The Morgan fingerprint density at radius 1 is 1.11 bits per heavy atom. The highest BCUT2D eigenvalue weighted by Crippen LogP contribution is 2.29. The second kappa shape index (κ2) is 6.18. The molecule has 0 fully saturated rings. The highest BCUT2D eigenvalue weighted by molar-refractivity contribution is 5.31. The van der Waals surface area contributed by atoms with Crippen molar-refractivity contribution in [3.63, 3.8) is 0 Å². The van der Waals surface area contributed by atoms with E-state index in [1.807, 2.05) is 0 Å². The Balaban J connectivity index is 2.54. The van der Waals surface area contributed by atoms with Crippen molar-refractivity contribution in [2.24, 2.45) is 5.73 Å². The highest BCUT2D eigenvalue weighted by atomic mass is 19.4. The molecule has 0 amide bonds. The summed E-state index contributed by atoms with van der Waals surface area (Å²) in [5.41, 5.74) is 4.63. The molecule has 7 heteroatoms. The van der Waals surface area contributed by atoms with Gasteiger partial charge in [0.15, 0.2) is 0 Å². The predicted molar refractivity (Wildman–Crippen MR) is 60.2 cm³/mol. The maximum absolute atomic E-state index is 13.3. The van der Waals surface area contributed by atoms with Crippen molar-refractivity contribution in [3.8, 4) is 5.75 Å². The second-order valence-electron chi connectivity index (χ2n) is 4.00. The maximum atomic E-state index is 13.3. The Morgan fingerprint density at radius 3 is 2.37 bits per heavy atom. The molecule has 2 N–H and O–H groups in total. The van der Waals surface area contributed by atoms with Crippen molar-refractivity contribution in [1.29, 1.82) is 0 Å². The van der Waals surface area contributed by atoms with E-state index >= 15 is 0 Å². The zero-order valence-corrected chi connectivity index (χ0v) is 10.0. The van der Waals surface area contributed by atoms with Gasteiger partial charge in [-0.1, -0.05) is 12.1 Å². The molecule has 1 rings (SSSR count). The molecule has 19 heavy (non-hydrogen) atoms. The number of halogens is 5. The molecule has 0 radical (unpaired) electrons. The first-order valence-corrected chi connectivity index (χ1v) is 5.62. The van der Waals surface area contributed by atoms with Gasteiger partial charge in [0.1, 0.15) is 5.75 Å². The minimum Gasteiger partial charge on any atom is -0.494 e. The summed E-state index contributed by atoms with van der Waals surface area (Å²) in [7, 11) is 0. The van der Waals surface area contributed by atoms with Crippen LogP contribution >= 0.6 is 0 Å². The van der Waals surface area contributed by atoms with Crippen LogP contribution in [-0.2, 0) is 5.92 Å². The van der Waals surface area contributed by atoms with Crippen LogP contribution in [0.2, 0.25) is 0 Å². The number of hydrogen-bond acceptors (Lipinski definition) is 2. The fourth-order valence-corrected chi connectivity index (χ4v) is 1.39. The van der Waals surface area contributed by atoms with Gasteiger partial charge >= 0.3 is 6.18 Å². The van der Waals surface area contributed by atoms with E-state index in [-0.39, 0.29) is 24.3 Å². The third-order valence-electron chi connectivity index (χ3n) is 2.39. The lowest BCUT2D eigenvalue weighted by Crippen LogP contribution is -2.25. The molecule has 0 aliphatic heterocycles. The van der Waals surface area contributed by atoms with Crippen LogP contribution in [0.25, 0.3) is 0 Å². The van der Waals surface area contributed by atoms with Crippen molar-refractivity contribution in [2.75, 3.05) is 13.2 Å². The monoisotopic (exact) mass is 283 g/mol. The Morgan fingerprint density at radius 2 is 1.79 bits per heavy atom. The first kappa shape index (κ1) is 15.7. The molecule has 0 atom stereocenters. The number of alkyl halides is 5. The number of hydrogen-bond donors (Lipinski definition) is 1. The third-order valence-corrected chi connectivity index (χ3v) is 2.39. The van der Waals surface area contributed by atoms with Crippen LogP contribution in [0.5, 0.6) is 5.75 Å². The van der Waals surface area contributed by atoms with Gasteiger partial charge in [0.25, 0.3) is 5.92 Å². The molecular formula is C12H14F5NO. The average molecular weight is 283 g/mol. The van der Waals surface area contributed by atoms with Crippen LogP contribution in [0.15, 0.2) is 24.3 Å². The predicted octanol–water partition coefficient (Wildman–Crippen LogP) is 3.46. The van der Waals surface area contributed by atoms with Crippen LogP contribution in [0.4, 0.5) is 22.0 Å². The number of benzene rings is 1. The fourth-order valence-electron chi connectivity index (χ4n) is 1.39. The van der Waals surface area contributed by atoms with Crippen LogP contribution < -0.4 is 10.5 Å². The van der Waals surface area contributed by atoms with Crippen LogP contribution in [0.3, 0.4) is 0 Å². The van der Waals surface area contributed by atoms with E-state index in [2.05, 4.69) is 0 Å². The maximum Gasteiger partial charge on any atom is 0.389 e. The molecule has 0 heterocycles. The minimum absolute atomic E-state index is 0.104. The summed E-state index contributed by atoms with van der Waals surface area (Å²) >= 11 is 0. The Hall–Kier alpha value is -1.37. The fraction of sp³-hybridized carbons (Fsp3) is 0.500. The Bertz CT molecular complexity index is 405. The Kier molecular flexibility index (Phi) is 5.11. The first-order valence-electron chi connectivity index (χ1n) is 5.62. The lowest BCUT2D eigenvalue weighted by Gasteiger charge is -2.15. The van der Waals surface area contributed by atoms with Crippen molar-refractivity contribution >= 4 is 0 Å². The zero-order chi connectivity index (χ0) is 14.5. The standard InChI is InChI=1S/C12H14F5NO/c13-11(14,8-18)9-3-1-4-10(7-9)19-6-2-5-12(15,16)17/h1,3-4,7H,2,5-6,8,18H2. The van der Waals surface area contributed by atoms with E-state index in [1.165, 1.54) is 18.2 Å². The normalized spacial score (nSPS) is 12.5. The second-order valence-corrected chi connectivity index (χ2v) is 4.00. The molecule has 0 aromatic heterocycles. The number of rotatable bonds is 6. The first-order chi connectivity index (χ1) is 8.74. The van der Waals surface area contributed by atoms with Crippen LogP contribution in [-0.4, -0.2) is 19.3 Å². The number of ether oxygens (including phenoxy) is 1. The molecule has 0 saturated heterocycles. The van der Waals surface area contributed by atoms with Gasteiger partial charge in [0, 0.05) is 12.0 Å². The van der Waals surface area contributed by atoms with E-state index in [0.29, 0.717) is 0 Å². The average Bonchev–Trinajstić information content (AvgIpc) is 2.34. The van der Waals surface area contributed by atoms with Crippen molar-refractivity contribution in [2.45, 2.75) is 24.9 Å². The van der Waals surface area contributed by atoms with E-state index < -0.39 is 25.1 Å². The molecule has 108 valence electrons. The van der Waals surface area contributed by atoms with Gasteiger partial charge in [-0.15, -0.1) is 0 Å². The quantitative estimate of drug-likeness (QED) is 0.641. The molecule has 1 aromatic rings. The molecule has 0 unspecified atom stereocenters. The molecule has 0 aliphatic carbocycles. The summed E-state index contributed by atoms with van der Waals surface area (Å²) in [4.78, 5) is 0. The van der Waals surface area contributed by atoms with Crippen molar-refractivity contribution in [3.05, 3.63) is 29.8 Å². The van der Waals surface area contributed by atoms with E-state index in [0.717, 1.165) is 6.07 Å². The van der Waals surface area contributed by atoms with E-state index in [9.17, 15) is 22.0 Å². The van der Waals surface area contributed by atoms with Crippen molar-refractivity contribution in [1.82, 2.24) is 0 Å². The van der Waals surface area contributed by atoms with Gasteiger partial charge in [-0.25, -0.2) is 0 Å².